The summed E-state index contributed by atoms with van der Waals surface area (Å²) in [7, 11) is 0. The van der Waals surface area contributed by atoms with Crippen molar-refractivity contribution < 1.29 is 0 Å². The smallest absolute Gasteiger partial charge is 0.0737 e. The van der Waals surface area contributed by atoms with Crippen LogP contribution in [0.25, 0.3) is 10.9 Å². The number of nitrogens with one attached hydrogen (secondary N) is 1. The highest BCUT2D eigenvalue weighted by molar-refractivity contribution is 6.31. The minimum absolute atomic E-state index is 0.407. The normalized spacial score (nSPS) is 15.1. The summed E-state index contributed by atoms with van der Waals surface area (Å²) in [6.07, 6.45) is 1.84. The van der Waals surface area contributed by atoms with Crippen molar-refractivity contribution in [2.75, 3.05) is 51.1 Å². The summed E-state index contributed by atoms with van der Waals surface area (Å²) < 4.78 is 0. The van der Waals surface area contributed by atoms with Gasteiger partial charge < -0.3 is 5.32 Å². The second-order valence-electron chi connectivity index (χ2n) is 8.96. The van der Waals surface area contributed by atoms with Crippen LogP contribution in [0.5, 0.6) is 0 Å². The summed E-state index contributed by atoms with van der Waals surface area (Å²) in [6.45, 7) is 7.42. The molecular formula is C29H31ClN4. The number of hydrogen-bond acceptors (Lipinski definition) is 4. The molecule has 34 heavy (non-hydrogen) atoms. The highest BCUT2D eigenvalue weighted by Gasteiger charge is 2.22. The summed E-state index contributed by atoms with van der Waals surface area (Å²) in [6, 6.07) is 29.8. The van der Waals surface area contributed by atoms with Crippen LogP contribution in [0.3, 0.4) is 0 Å². The lowest BCUT2D eigenvalue weighted by atomic mass is 9.90. The number of aromatic nitrogens is 1. The molecule has 174 valence electrons. The second kappa shape index (κ2) is 11.0. The molecule has 0 unspecified atom stereocenters. The van der Waals surface area contributed by atoms with E-state index < -0.39 is 0 Å². The second-order valence-corrected chi connectivity index (χ2v) is 9.40. The number of rotatable bonds is 8. The van der Waals surface area contributed by atoms with E-state index in [1.807, 2.05) is 30.5 Å². The van der Waals surface area contributed by atoms with Gasteiger partial charge in [-0.05, 0) is 35.4 Å². The van der Waals surface area contributed by atoms with Gasteiger partial charge in [0.2, 0.25) is 0 Å². The lowest BCUT2D eigenvalue weighted by Gasteiger charge is -2.36. The van der Waals surface area contributed by atoms with E-state index in [1.165, 1.54) is 11.1 Å². The van der Waals surface area contributed by atoms with Crippen LogP contribution in [0.2, 0.25) is 5.02 Å². The molecule has 2 heterocycles. The summed E-state index contributed by atoms with van der Waals surface area (Å²) in [5, 5.41) is 5.44. The number of fused-ring (bicyclic) bond motifs is 1. The van der Waals surface area contributed by atoms with E-state index in [9.17, 15) is 0 Å². The largest absolute Gasteiger partial charge is 0.383 e. The number of piperazine rings is 1. The molecule has 0 amide bonds. The summed E-state index contributed by atoms with van der Waals surface area (Å²) in [5.41, 5.74) is 4.84. The van der Waals surface area contributed by atoms with E-state index in [2.05, 4.69) is 80.8 Å². The van der Waals surface area contributed by atoms with Crippen molar-refractivity contribution in [1.29, 1.82) is 0 Å². The number of hydrogen-bond donors (Lipinski definition) is 1. The van der Waals surface area contributed by atoms with Gasteiger partial charge in [0.1, 0.15) is 0 Å². The fourth-order valence-electron chi connectivity index (χ4n) is 4.85. The van der Waals surface area contributed by atoms with E-state index in [1.54, 1.807) is 0 Å². The highest BCUT2D eigenvalue weighted by atomic mass is 35.5. The van der Waals surface area contributed by atoms with Crippen LogP contribution in [-0.2, 0) is 0 Å². The van der Waals surface area contributed by atoms with Crippen LogP contribution in [0.15, 0.2) is 91.1 Å². The van der Waals surface area contributed by atoms with Crippen LogP contribution in [0.4, 0.5) is 5.69 Å². The molecule has 0 saturated carbocycles. The number of anilines is 1. The zero-order valence-corrected chi connectivity index (χ0v) is 20.2. The number of halogens is 1. The molecule has 4 nitrogen and oxygen atoms in total. The maximum Gasteiger partial charge on any atom is 0.0737 e. The van der Waals surface area contributed by atoms with Crippen molar-refractivity contribution in [1.82, 2.24) is 14.8 Å². The molecule has 3 aromatic carbocycles. The maximum atomic E-state index is 6.12. The molecule has 0 aliphatic carbocycles. The topological polar surface area (TPSA) is 31.4 Å². The Morgan fingerprint density at radius 1 is 0.794 bits per heavy atom. The number of benzene rings is 3. The first-order valence-corrected chi connectivity index (χ1v) is 12.5. The Hall–Kier alpha value is -2.92. The molecule has 0 atom stereocenters. The average Bonchev–Trinajstić information content (AvgIpc) is 2.89. The number of nitrogens with zero attached hydrogens (tertiary/aromatic N) is 3. The summed E-state index contributed by atoms with van der Waals surface area (Å²) >= 11 is 6.12. The Balaban J connectivity index is 1.14. The van der Waals surface area contributed by atoms with Gasteiger partial charge in [0.05, 0.1) is 5.52 Å². The quantitative estimate of drug-likeness (QED) is 0.355. The SMILES string of the molecule is Clc1ccc2c(NCCN3CCN(CC(c4ccccc4)c4ccccc4)CC3)ccnc2c1. The van der Waals surface area contributed by atoms with Gasteiger partial charge in [-0.1, -0.05) is 72.3 Å². The molecule has 1 saturated heterocycles. The molecular weight excluding hydrogens is 440 g/mol. The third-order valence-electron chi connectivity index (χ3n) is 6.76. The highest BCUT2D eigenvalue weighted by Crippen LogP contribution is 2.26. The van der Waals surface area contributed by atoms with Gasteiger partial charge in [0.25, 0.3) is 0 Å². The van der Waals surface area contributed by atoms with Gasteiger partial charge in [0, 0.05) is 74.0 Å². The molecule has 5 rings (SSSR count). The van der Waals surface area contributed by atoms with Crippen LogP contribution in [0, 0.1) is 0 Å². The van der Waals surface area contributed by atoms with Crippen molar-refractivity contribution >= 4 is 28.2 Å². The molecule has 5 heteroatoms. The zero-order chi connectivity index (χ0) is 23.2. The van der Waals surface area contributed by atoms with E-state index >= 15 is 0 Å². The Morgan fingerprint density at radius 3 is 2.12 bits per heavy atom. The maximum absolute atomic E-state index is 6.12. The third kappa shape index (κ3) is 5.58. The van der Waals surface area contributed by atoms with Gasteiger partial charge in [-0.15, -0.1) is 0 Å². The summed E-state index contributed by atoms with van der Waals surface area (Å²) in [4.78, 5) is 9.61. The Morgan fingerprint density at radius 2 is 1.44 bits per heavy atom. The average molecular weight is 471 g/mol. The van der Waals surface area contributed by atoms with Gasteiger partial charge in [-0.25, -0.2) is 0 Å². The van der Waals surface area contributed by atoms with Crippen molar-refractivity contribution in [3.05, 3.63) is 107 Å². The lowest BCUT2D eigenvalue weighted by Crippen LogP contribution is -2.48. The van der Waals surface area contributed by atoms with Crippen LogP contribution < -0.4 is 5.32 Å². The van der Waals surface area contributed by atoms with E-state index in [0.717, 1.165) is 67.4 Å². The fraction of sp³-hybridized carbons (Fsp3) is 0.276. The van der Waals surface area contributed by atoms with Gasteiger partial charge in [-0.2, -0.15) is 0 Å². The fourth-order valence-corrected chi connectivity index (χ4v) is 5.02. The molecule has 0 bridgehead atoms. The Kier molecular flexibility index (Phi) is 7.40. The Bertz CT molecular complexity index is 1150. The van der Waals surface area contributed by atoms with Crippen molar-refractivity contribution in [3.63, 3.8) is 0 Å². The first-order chi connectivity index (χ1) is 16.8. The molecule has 4 aromatic rings. The molecule has 1 N–H and O–H groups in total. The minimum Gasteiger partial charge on any atom is -0.383 e. The first-order valence-electron chi connectivity index (χ1n) is 12.1. The molecule has 1 aliphatic heterocycles. The predicted octanol–water partition coefficient (Wildman–Crippen LogP) is 5.75. The van der Waals surface area contributed by atoms with Gasteiger partial charge in [-0.3, -0.25) is 14.8 Å². The van der Waals surface area contributed by atoms with Gasteiger partial charge in [0.15, 0.2) is 0 Å². The first kappa shape index (κ1) is 22.9. The van der Waals surface area contributed by atoms with Crippen LogP contribution in [-0.4, -0.2) is 60.6 Å². The zero-order valence-electron chi connectivity index (χ0n) is 19.4. The monoisotopic (exact) mass is 470 g/mol. The Labute approximate surface area is 207 Å². The van der Waals surface area contributed by atoms with Crippen molar-refractivity contribution in [3.8, 4) is 0 Å². The molecule has 1 aromatic heterocycles. The minimum atomic E-state index is 0.407. The molecule has 0 spiro atoms. The standard InChI is InChI=1S/C29H31ClN4/c30-25-11-12-26-28(13-14-31-29(26)21-25)32-15-16-33-17-19-34(20-18-33)22-27(23-7-3-1-4-8-23)24-9-5-2-6-10-24/h1-14,21,27H,15-20,22H2,(H,31,32). The number of pyridine rings is 1. The van der Waals surface area contributed by atoms with E-state index in [-0.39, 0.29) is 0 Å². The van der Waals surface area contributed by atoms with Crippen molar-refractivity contribution in [2.45, 2.75) is 5.92 Å². The molecule has 1 fully saturated rings. The van der Waals surface area contributed by atoms with Crippen LogP contribution >= 0.6 is 11.6 Å². The van der Waals surface area contributed by atoms with Crippen molar-refractivity contribution in [2.24, 2.45) is 0 Å². The van der Waals surface area contributed by atoms with E-state index in [4.69, 9.17) is 11.6 Å². The summed E-state index contributed by atoms with van der Waals surface area (Å²) in [5.74, 6) is 0.407. The van der Waals surface area contributed by atoms with E-state index in [0.29, 0.717) is 5.92 Å². The van der Waals surface area contributed by atoms with Crippen LogP contribution in [0.1, 0.15) is 17.0 Å². The predicted molar refractivity (Wildman–Crippen MR) is 143 cm³/mol. The molecule has 1 aliphatic rings. The van der Waals surface area contributed by atoms with Gasteiger partial charge >= 0.3 is 0 Å². The molecule has 0 radical (unpaired) electrons. The third-order valence-corrected chi connectivity index (χ3v) is 6.99. The lowest BCUT2D eigenvalue weighted by molar-refractivity contribution is 0.133.